The summed E-state index contributed by atoms with van der Waals surface area (Å²) in [6.45, 7) is 6.07. The number of ether oxygens (including phenoxy) is 1. The summed E-state index contributed by atoms with van der Waals surface area (Å²) in [4.78, 5) is 11.9. The molecule has 0 N–H and O–H groups in total. The summed E-state index contributed by atoms with van der Waals surface area (Å²) < 4.78 is 11.0. The van der Waals surface area contributed by atoms with Gasteiger partial charge in [0.05, 0.1) is 18.1 Å². The lowest BCUT2D eigenvalue weighted by atomic mass is 9.95. The van der Waals surface area contributed by atoms with Gasteiger partial charge in [-0.05, 0) is 18.9 Å². The minimum Gasteiger partial charge on any atom is -0.472 e. The van der Waals surface area contributed by atoms with Crippen molar-refractivity contribution in [2.24, 2.45) is 5.92 Å². The molecule has 2 rings (SSSR count). The van der Waals surface area contributed by atoms with Crippen molar-refractivity contribution in [1.82, 2.24) is 0 Å². The number of carbonyl (C=O) groups excluding carboxylic acids is 1. The normalized spacial score (nSPS) is 27.0. The van der Waals surface area contributed by atoms with Crippen LogP contribution in [0, 0.1) is 5.92 Å². The molecular weight excluding hydrogens is 228 g/mol. The topological polar surface area (TPSA) is 39.4 Å². The lowest BCUT2D eigenvalue weighted by molar-refractivity contribution is -0.125. The van der Waals surface area contributed by atoms with Crippen LogP contribution in [0.2, 0.25) is 0 Å². The van der Waals surface area contributed by atoms with Crippen LogP contribution >= 0.6 is 0 Å². The molecule has 0 amide bonds. The molecule has 0 bridgehead atoms. The third-order valence-electron chi connectivity index (χ3n) is 3.08. The van der Waals surface area contributed by atoms with Crippen molar-refractivity contribution in [3.8, 4) is 0 Å². The highest BCUT2D eigenvalue weighted by Crippen LogP contribution is 2.35. The predicted octanol–water partition coefficient (Wildman–Crippen LogP) is 3.67. The van der Waals surface area contributed by atoms with Crippen LogP contribution in [0.25, 0.3) is 0 Å². The van der Waals surface area contributed by atoms with E-state index >= 15 is 0 Å². The Morgan fingerprint density at radius 2 is 2.28 bits per heavy atom. The van der Waals surface area contributed by atoms with Crippen molar-refractivity contribution in [1.29, 1.82) is 0 Å². The second-order valence-corrected chi connectivity index (χ2v) is 5.58. The van der Waals surface area contributed by atoms with Gasteiger partial charge >= 0.3 is 0 Å². The minimum atomic E-state index is -0.478. The fraction of sp³-hybridized carbons (Fsp3) is 0.533. The van der Waals surface area contributed by atoms with Gasteiger partial charge in [-0.1, -0.05) is 26.0 Å². The van der Waals surface area contributed by atoms with Crippen LogP contribution in [0.4, 0.5) is 0 Å². The number of furan rings is 1. The fourth-order valence-electron chi connectivity index (χ4n) is 2.30. The first-order valence-electron chi connectivity index (χ1n) is 6.39. The SMILES string of the molecule is CC(C)CC(=O)C[C@]1(C)C=C[C@H](c2ccoc2)O1. The summed E-state index contributed by atoms with van der Waals surface area (Å²) >= 11 is 0. The van der Waals surface area contributed by atoms with Gasteiger partial charge in [-0.25, -0.2) is 0 Å². The number of hydrogen-bond acceptors (Lipinski definition) is 3. The number of rotatable bonds is 5. The van der Waals surface area contributed by atoms with Crippen molar-refractivity contribution < 1.29 is 13.9 Å². The maximum atomic E-state index is 11.9. The summed E-state index contributed by atoms with van der Waals surface area (Å²) in [6, 6.07) is 1.89. The molecular formula is C15H20O3. The largest absolute Gasteiger partial charge is 0.472 e. The van der Waals surface area contributed by atoms with Crippen LogP contribution in [-0.4, -0.2) is 11.4 Å². The molecule has 0 aliphatic carbocycles. The molecule has 18 heavy (non-hydrogen) atoms. The molecule has 0 unspecified atom stereocenters. The molecule has 0 saturated carbocycles. The number of carbonyl (C=O) groups is 1. The lowest BCUT2D eigenvalue weighted by Crippen LogP contribution is -2.27. The molecule has 98 valence electrons. The Hall–Kier alpha value is -1.35. The molecule has 2 heterocycles. The highest BCUT2D eigenvalue weighted by molar-refractivity contribution is 5.80. The van der Waals surface area contributed by atoms with Crippen LogP contribution in [0.1, 0.15) is 45.3 Å². The molecule has 1 aliphatic rings. The quantitative estimate of drug-likeness (QED) is 0.746. The first-order chi connectivity index (χ1) is 8.48. The Labute approximate surface area is 108 Å². The van der Waals surface area contributed by atoms with Gasteiger partial charge in [0.1, 0.15) is 11.9 Å². The summed E-state index contributed by atoms with van der Waals surface area (Å²) in [6.07, 6.45) is 8.25. The monoisotopic (exact) mass is 248 g/mol. The molecule has 0 fully saturated rings. The third kappa shape index (κ3) is 3.10. The number of Topliss-reactive ketones (excluding diaryl/α,β-unsaturated/α-hetero) is 1. The van der Waals surface area contributed by atoms with Crippen LogP contribution in [-0.2, 0) is 9.53 Å². The smallest absolute Gasteiger partial charge is 0.136 e. The van der Waals surface area contributed by atoms with E-state index in [-0.39, 0.29) is 11.9 Å². The van der Waals surface area contributed by atoms with Crippen LogP contribution in [0.3, 0.4) is 0 Å². The van der Waals surface area contributed by atoms with Crippen molar-refractivity contribution in [3.05, 3.63) is 36.3 Å². The highest BCUT2D eigenvalue weighted by atomic mass is 16.5. The van der Waals surface area contributed by atoms with Crippen molar-refractivity contribution in [3.63, 3.8) is 0 Å². The van der Waals surface area contributed by atoms with Gasteiger partial charge in [0.15, 0.2) is 0 Å². The van der Waals surface area contributed by atoms with Gasteiger partial charge in [0.25, 0.3) is 0 Å². The van der Waals surface area contributed by atoms with Gasteiger partial charge in [0.2, 0.25) is 0 Å². The fourth-order valence-corrected chi connectivity index (χ4v) is 2.30. The van der Waals surface area contributed by atoms with E-state index in [1.54, 1.807) is 12.5 Å². The zero-order chi connectivity index (χ0) is 13.2. The molecule has 0 radical (unpaired) electrons. The van der Waals surface area contributed by atoms with E-state index in [9.17, 15) is 4.79 Å². The molecule has 2 atom stereocenters. The highest BCUT2D eigenvalue weighted by Gasteiger charge is 2.33. The summed E-state index contributed by atoms with van der Waals surface area (Å²) in [5.74, 6) is 0.654. The van der Waals surface area contributed by atoms with E-state index in [2.05, 4.69) is 13.8 Å². The maximum absolute atomic E-state index is 11.9. The van der Waals surface area contributed by atoms with E-state index in [1.165, 1.54) is 0 Å². The second kappa shape index (κ2) is 5.11. The molecule has 0 aromatic carbocycles. The first-order valence-corrected chi connectivity index (χ1v) is 6.39. The van der Waals surface area contributed by atoms with Gasteiger partial charge in [-0.2, -0.15) is 0 Å². The Morgan fingerprint density at radius 3 is 2.89 bits per heavy atom. The molecule has 3 nitrogen and oxygen atoms in total. The van der Waals surface area contributed by atoms with E-state index in [0.29, 0.717) is 18.8 Å². The van der Waals surface area contributed by atoms with E-state index in [4.69, 9.17) is 9.15 Å². The van der Waals surface area contributed by atoms with Gasteiger partial charge in [-0.15, -0.1) is 0 Å². The third-order valence-corrected chi connectivity index (χ3v) is 3.08. The number of ketones is 1. The summed E-state index contributed by atoms with van der Waals surface area (Å²) in [5, 5.41) is 0. The van der Waals surface area contributed by atoms with Crippen LogP contribution < -0.4 is 0 Å². The summed E-state index contributed by atoms with van der Waals surface area (Å²) in [5.41, 5.74) is 0.514. The van der Waals surface area contributed by atoms with E-state index < -0.39 is 5.60 Å². The Balaban J connectivity index is 1.95. The zero-order valence-electron chi connectivity index (χ0n) is 11.2. The molecule has 1 aromatic heterocycles. The minimum absolute atomic E-state index is 0.0967. The molecule has 1 aromatic rings. The molecule has 1 aliphatic heterocycles. The van der Waals surface area contributed by atoms with Crippen LogP contribution in [0.15, 0.2) is 35.2 Å². The Kier molecular flexibility index (Phi) is 3.71. The zero-order valence-corrected chi connectivity index (χ0v) is 11.2. The first kappa shape index (κ1) is 13.1. The lowest BCUT2D eigenvalue weighted by Gasteiger charge is -2.24. The van der Waals surface area contributed by atoms with Crippen molar-refractivity contribution in [2.45, 2.75) is 45.3 Å². The standard InChI is InChI=1S/C15H20O3/c1-11(2)8-13(16)9-15(3)6-4-14(18-15)12-5-7-17-10-12/h4-7,10-11,14H,8-9H2,1-3H3/t14-,15+/m1/s1. The van der Waals surface area contributed by atoms with Gasteiger partial charge in [0, 0.05) is 18.4 Å². The number of hydrogen-bond donors (Lipinski definition) is 0. The molecule has 0 saturated heterocycles. The average molecular weight is 248 g/mol. The second-order valence-electron chi connectivity index (χ2n) is 5.58. The molecule has 0 spiro atoms. The maximum Gasteiger partial charge on any atom is 0.136 e. The Morgan fingerprint density at radius 1 is 1.50 bits per heavy atom. The Bertz CT molecular complexity index is 431. The van der Waals surface area contributed by atoms with E-state index in [0.717, 1.165) is 5.56 Å². The van der Waals surface area contributed by atoms with Crippen molar-refractivity contribution in [2.75, 3.05) is 0 Å². The summed E-state index contributed by atoms with van der Waals surface area (Å²) in [7, 11) is 0. The average Bonchev–Trinajstić information content (AvgIpc) is 2.84. The van der Waals surface area contributed by atoms with Crippen molar-refractivity contribution >= 4 is 5.78 Å². The van der Waals surface area contributed by atoms with Crippen LogP contribution in [0.5, 0.6) is 0 Å². The van der Waals surface area contributed by atoms with E-state index in [1.807, 2.05) is 25.1 Å². The molecule has 3 heteroatoms. The van der Waals surface area contributed by atoms with Gasteiger partial charge in [-0.3, -0.25) is 4.79 Å². The predicted molar refractivity (Wildman–Crippen MR) is 69.2 cm³/mol. The van der Waals surface area contributed by atoms with Gasteiger partial charge < -0.3 is 9.15 Å².